The van der Waals surface area contributed by atoms with Crippen LogP contribution in [0.1, 0.15) is 22.4 Å². The van der Waals surface area contributed by atoms with E-state index in [1.54, 1.807) is 4.90 Å². The van der Waals surface area contributed by atoms with E-state index in [4.69, 9.17) is 5.11 Å². The first-order valence-corrected chi connectivity index (χ1v) is 6.03. The lowest BCUT2D eigenvalue weighted by molar-refractivity contribution is 0.0690. The number of carbonyl (C=O) groups excluding carboxylic acids is 1. The number of rotatable bonds is 4. The number of aromatic carboxylic acids is 1. The van der Waals surface area contributed by atoms with Crippen LogP contribution in [0.3, 0.4) is 0 Å². The molecule has 0 aromatic carbocycles. The van der Waals surface area contributed by atoms with Gasteiger partial charge in [0.1, 0.15) is 0 Å². The molecule has 21 heavy (non-hydrogen) atoms. The highest BCUT2D eigenvalue weighted by atomic mass is 16.4. The Labute approximate surface area is 117 Å². The number of amides is 2. The highest BCUT2D eigenvalue weighted by Gasteiger charge is 2.33. The van der Waals surface area contributed by atoms with E-state index in [-0.39, 0.29) is 24.3 Å². The topological polar surface area (TPSA) is 155 Å². The summed E-state index contributed by atoms with van der Waals surface area (Å²) in [6, 6.07) is -0.323. The van der Waals surface area contributed by atoms with E-state index < -0.39 is 5.97 Å². The molecule has 0 bridgehead atoms. The van der Waals surface area contributed by atoms with Crippen molar-refractivity contribution < 1.29 is 14.7 Å². The molecule has 3 heterocycles. The molecule has 110 valence electrons. The highest BCUT2D eigenvalue weighted by Crippen LogP contribution is 2.20. The summed E-state index contributed by atoms with van der Waals surface area (Å²) in [5.74, 6) is -0.738. The smallest absolute Gasteiger partial charge is 0.358 e. The fourth-order valence-electron chi connectivity index (χ4n) is 1.87. The number of urea groups is 1. The van der Waals surface area contributed by atoms with E-state index >= 15 is 0 Å². The summed E-state index contributed by atoms with van der Waals surface area (Å²) in [7, 11) is 0. The molecule has 0 unspecified atom stereocenters. The van der Waals surface area contributed by atoms with Gasteiger partial charge in [0.25, 0.3) is 0 Å². The van der Waals surface area contributed by atoms with Crippen LogP contribution in [0.15, 0.2) is 6.20 Å². The van der Waals surface area contributed by atoms with Gasteiger partial charge in [-0.3, -0.25) is 0 Å². The van der Waals surface area contributed by atoms with Crippen LogP contribution in [-0.4, -0.2) is 70.7 Å². The third kappa shape index (κ3) is 2.63. The summed E-state index contributed by atoms with van der Waals surface area (Å²) < 4.78 is 1.45. The number of carboxylic acid groups (broad SMARTS) is 1. The fourth-order valence-corrected chi connectivity index (χ4v) is 1.87. The number of aromatic nitrogens is 7. The van der Waals surface area contributed by atoms with Crippen LogP contribution in [-0.2, 0) is 6.54 Å². The van der Waals surface area contributed by atoms with Crippen molar-refractivity contribution in [1.29, 1.82) is 0 Å². The summed E-state index contributed by atoms with van der Waals surface area (Å²) in [4.78, 5) is 24.1. The van der Waals surface area contributed by atoms with Gasteiger partial charge in [-0.05, 0) is 0 Å². The minimum atomic E-state index is -1.13. The van der Waals surface area contributed by atoms with Crippen LogP contribution >= 0.6 is 0 Å². The summed E-state index contributed by atoms with van der Waals surface area (Å²) in [5, 5.41) is 31.8. The van der Waals surface area contributed by atoms with Gasteiger partial charge in [-0.2, -0.15) is 5.21 Å². The lowest BCUT2D eigenvalue weighted by Gasteiger charge is -2.38. The fraction of sp³-hybridized carbons (Fsp3) is 0.444. The van der Waals surface area contributed by atoms with Crippen molar-refractivity contribution in [2.24, 2.45) is 0 Å². The van der Waals surface area contributed by atoms with Crippen LogP contribution in [0.5, 0.6) is 0 Å². The average Bonchev–Trinajstić information content (AvgIpc) is 3.06. The Morgan fingerprint density at radius 2 is 2.24 bits per heavy atom. The molecule has 1 aliphatic heterocycles. The number of hydrogen-bond donors (Lipinski definition) is 3. The molecule has 0 spiro atoms. The van der Waals surface area contributed by atoms with Crippen molar-refractivity contribution in [3.05, 3.63) is 17.7 Å². The third-order valence-corrected chi connectivity index (χ3v) is 3.04. The van der Waals surface area contributed by atoms with Crippen molar-refractivity contribution in [3.8, 4) is 0 Å². The van der Waals surface area contributed by atoms with Crippen molar-refractivity contribution in [2.45, 2.75) is 12.6 Å². The Morgan fingerprint density at radius 1 is 1.43 bits per heavy atom. The SMILES string of the molecule is O=C(O)c1cn(C2CN(C(=O)NCc3nn[nH]n3)C2)nn1. The van der Waals surface area contributed by atoms with Gasteiger partial charge in [-0.25, -0.2) is 14.3 Å². The highest BCUT2D eigenvalue weighted by molar-refractivity contribution is 5.84. The maximum absolute atomic E-state index is 11.8. The second-order valence-electron chi connectivity index (χ2n) is 4.43. The second kappa shape index (κ2) is 5.15. The average molecular weight is 293 g/mol. The molecule has 1 fully saturated rings. The van der Waals surface area contributed by atoms with Gasteiger partial charge in [0, 0.05) is 13.1 Å². The quantitative estimate of drug-likeness (QED) is 0.599. The minimum Gasteiger partial charge on any atom is -0.476 e. The van der Waals surface area contributed by atoms with E-state index in [9.17, 15) is 9.59 Å². The number of carbonyl (C=O) groups is 2. The van der Waals surface area contributed by atoms with E-state index in [2.05, 4.69) is 36.3 Å². The number of H-pyrrole nitrogens is 1. The summed E-state index contributed by atoms with van der Waals surface area (Å²) in [6.07, 6.45) is 1.35. The van der Waals surface area contributed by atoms with Crippen molar-refractivity contribution >= 4 is 12.0 Å². The molecule has 2 amide bonds. The number of likely N-dealkylation sites (tertiary alicyclic amines) is 1. The Balaban J connectivity index is 1.48. The lowest BCUT2D eigenvalue weighted by atomic mass is 10.1. The van der Waals surface area contributed by atoms with E-state index in [1.807, 2.05) is 0 Å². The number of nitrogens with one attached hydrogen (secondary N) is 2. The largest absolute Gasteiger partial charge is 0.476 e. The number of carboxylic acids is 1. The molecule has 3 rings (SSSR count). The summed E-state index contributed by atoms with van der Waals surface area (Å²) in [5.41, 5.74) is -0.116. The Kier molecular flexibility index (Phi) is 3.17. The number of hydrogen-bond acceptors (Lipinski definition) is 7. The van der Waals surface area contributed by atoms with E-state index in [0.29, 0.717) is 18.9 Å². The standard InChI is InChI=1S/C9H11N9O3/c19-8(20)6-4-18(16-11-6)5-2-17(3-5)9(21)10-1-7-12-14-15-13-7/h4-5H,1-3H2,(H,10,21)(H,19,20)(H,12,13,14,15). The zero-order valence-electron chi connectivity index (χ0n) is 10.7. The number of tetrazole rings is 1. The first kappa shape index (κ1) is 13.0. The first-order chi connectivity index (χ1) is 10.1. The molecular weight excluding hydrogens is 282 g/mol. The Hall–Kier alpha value is -3.05. The molecule has 3 N–H and O–H groups in total. The van der Waals surface area contributed by atoms with Crippen LogP contribution in [0.2, 0.25) is 0 Å². The maximum Gasteiger partial charge on any atom is 0.358 e. The van der Waals surface area contributed by atoms with Crippen molar-refractivity contribution in [2.75, 3.05) is 13.1 Å². The zero-order valence-corrected chi connectivity index (χ0v) is 10.7. The molecule has 12 nitrogen and oxygen atoms in total. The van der Waals surface area contributed by atoms with Crippen molar-refractivity contribution in [3.63, 3.8) is 0 Å². The predicted molar refractivity (Wildman–Crippen MR) is 64.0 cm³/mol. The van der Waals surface area contributed by atoms with Crippen LogP contribution in [0, 0.1) is 0 Å². The van der Waals surface area contributed by atoms with Gasteiger partial charge in [0.05, 0.1) is 18.8 Å². The van der Waals surface area contributed by atoms with Gasteiger partial charge < -0.3 is 15.3 Å². The Bertz CT molecular complexity index is 645. The van der Waals surface area contributed by atoms with Gasteiger partial charge in [-0.15, -0.1) is 15.3 Å². The lowest BCUT2D eigenvalue weighted by Crippen LogP contribution is -2.54. The molecule has 0 atom stereocenters. The van der Waals surface area contributed by atoms with Crippen LogP contribution < -0.4 is 5.32 Å². The van der Waals surface area contributed by atoms with E-state index in [1.165, 1.54) is 10.9 Å². The molecule has 12 heteroatoms. The molecule has 0 radical (unpaired) electrons. The van der Waals surface area contributed by atoms with Gasteiger partial charge in [-0.1, -0.05) is 10.4 Å². The van der Waals surface area contributed by atoms with Gasteiger partial charge >= 0.3 is 12.0 Å². The van der Waals surface area contributed by atoms with E-state index in [0.717, 1.165) is 0 Å². The van der Waals surface area contributed by atoms with Crippen LogP contribution in [0.4, 0.5) is 4.79 Å². The summed E-state index contributed by atoms with van der Waals surface area (Å²) >= 11 is 0. The Morgan fingerprint density at radius 3 is 2.86 bits per heavy atom. The van der Waals surface area contributed by atoms with Gasteiger partial charge in [0.2, 0.25) is 0 Å². The molecule has 0 aliphatic carbocycles. The molecule has 2 aromatic rings. The molecule has 2 aromatic heterocycles. The second-order valence-corrected chi connectivity index (χ2v) is 4.43. The van der Waals surface area contributed by atoms with Crippen LogP contribution in [0.25, 0.3) is 0 Å². The predicted octanol–water partition coefficient (Wildman–Crippen LogP) is -1.74. The van der Waals surface area contributed by atoms with Gasteiger partial charge in [0.15, 0.2) is 11.5 Å². The summed E-state index contributed by atoms with van der Waals surface area (Å²) in [6.45, 7) is 1.05. The molecule has 1 aliphatic rings. The maximum atomic E-state index is 11.8. The number of nitrogens with zero attached hydrogens (tertiary/aromatic N) is 7. The van der Waals surface area contributed by atoms with Crippen molar-refractivity contribution in [1.82, 2.24) is 45.8 Å². The molecule has 1 saturated heterocycles. The normalized spacial score (nSPS) is 14.8. The zero-order chi connectivity index (χ0) is 14.8. The first-order valence-electron chi connectivity index (χ1n) is 6.03. The minimum absolute atomic E-state index is 0.0680. The molecule has 0 saturated carbocycles. The number of aromatic amines is 1. The molecular formula is C9H11N9O3. The third-order valence-electron chi connectivity index (χ3n) is 3.04. The monoisotopic (exact) mass is 293 g/mol.